The highest BCUT2D eigenvalue weighted by Crippen LogP contribution is 2.39. The second kappa shape index (κ2) is 2.22. The number of nitrogen functional groups attached to an aromatic ring is 1. The number of nitrogens with zero attached hydrogens (tertiary/aromatic N) is 3. The molecule has 0 aliphatic heterocycles. The van der Waals surface area contributed by atoms with Gasteiger partial charge >= 0.3 is 0 Å². The fourth-order valence-corrected chi connectivity index (χ4v) is 1.57. The molecular weight excluding hydrogens is 164 g/mol. The van der Waals surface area contributed by atoms with Crippen LogP contribution < -0.4 is 5.73 Å². The van der Waals surface area contributed by atoms with E-state index in [9.17, 15) is 0 Å². The lowest BCUT2D eigenvalue weighted by molar-refractivity contribution is 0.938. The van der Waals surface area contributed by atoms with Gasteiger partial charge in [0.25, 0.3) is 0 Å². The highest BCUT2D eigenvalue weighted by atomic mass is 15.3. The van der Waals surface area contributed by atoms with Gasteiger partial charge in [-0.15, -0.1) is 5.10 Å². The average molecular weight is 174 g/mol. The maximum atomic E-state index is 5.49. The number of pyridine rings is 1. The topological polar surface area (TPSA) is 56.2 Å². The molecule has 66 valence electrons. The molecule has 0 saturated heterocycles. The quantitative estimate of drug-likeness (QED) is 0.706. The third kappa shape index (κ3) is 1.06. The Morgan fingerprint density at radius 3 is 3.00 bits per heavy atom. The average Bonchev–Trinajstić information content (AvgIpc) is 2.87. The molecule has 0 atom stereocenters. The van der Waals surface area contributed by atoms with Crippen LogP contribution in [-0.2, 0) is 0 Å². The maximum Gasteiger partial charge on any atom is 0.240 e. The number of hydrogen-bond donors (Lipinski definition) is 1. The van der Waals surface area contributed by atoms with Crippen LogP contribution in [0.3, 0.4) is 0 Å². The molecule has 0 amide bonds. The molecule has 1 saturated carbocycles. The van der Waals surface area contributed by atoms with Gasteiger partial charge in [-0.1, -0.05) is 6.07 Å². The molecule has 0 radical (unpaired) electrons. The Morgan fingerprint density at radius 2 is 2.23 bits per heavy atom. The number of nitrogens with two attached hydrogens (primary N) is 1. The first-order valence-electron chi connectivity index (χ1n) is 4.45. The monoisotopic (exact) mass is 174 g/mol. The Morgan fingerprint density at radius 1 is 1.38 bits per heavy atom. The van der Waals surface area contributed by atoms with E-state index < -0.39 is 0 Å². The standard InChI is InChI=1S/C9H10N4/c10-9-11-8-4-3-7(6-1-2-6)5-13(8)12-9/h3-6H,1-2H2,(H2,10,12). The first kappa shape index (κ1) is 6.88. The third-order valence-electron chi connectivity index (χ3n) is 2.42. The van der Waals surface area contributed by atoms with Crippen molar-refractivity contribution >= 4 is 11.6 Å². The fraction of sp³-hybridized carbons (Fsp3) is 0.333. The summed E-state index contributed by atoms with van der Waals surface area (Å²) in [5.41, 5.74) is 7.66. The van der Waals surface area contributed by atoms with Gasteiger partial charge in [0.1, 0.15) is 0 Å². The minimum absolute atomic E-state index is 0.341. The molecule has 2 aromatic heterocycles. The molecule has 1 aliphatic rings. The van der Waals surface area contributed by atoms with Crippen molar-refractivity contribution in [2.24, 2.45) is 0 Å². The maximum absolute atomic E-state index is 5.49. The van der Waals surface area contributed by atoms with Crippen LogP contribution in [0.2, 0.25) is 0 Å². The molecule has 3 rings (SSSR count). The minimum Gasteiger partial charge on any atom is -0.366 e. The van der Waals surface area contributed by atoms with E-state index >= 15 is 0 Å². The molecule has 0 unspecified atom stereocenters. The van der Waals surface area contributed by atoms with Crippen LogP contribution in [0.25, 0.3) is 5.65 Å². The number of fused-ring (bicyclic) bond motifs is 1. The van der Waals surface area contributed by atoms with Crippen LogP contribution in [0.5, 0.6) is 0 Å². The highest BCUT2D eigenvalue weighted by Gasteiger charge is 2.23. The van der Waals surface area contributed by atoms with Crippen molar-refractivity contribution in [1.29, 1.82) is 0 Å². The van der Waals surface area contributed by atoms with E-state index in [1.54, 1.807) is 4.52 Å². The van der Waals surface area contributed by atoms with Crippen LogP contribution in [0.15, 0.2) is 18.3 Å². The summed E-state index contributed by atoms with van der Waals surface area (Å²) in [6.45, 7) is 0. The normalized spacial score (nSPS) is 16.6. The largest absolute Gasteiger partial charge is 0.366 e. The lowest BCUT2D eigenvalue weighted by Gasteiger charge is -1.96. The van der Waals surface area contributed by atoms with E-state index in [4.69, 9.17) is 5.73 Å². The van der Waals surface area contributed by atoms with E-state index in [0.717, 1.165) is 11.6 Å². The summed E-state index contributed by atoms with van der Waals surface area (Å²) < 4.78 is 1.75. The first-order chi connectivity index (χ1) is 6.33. The first-order valence-corrected chi connectivity index (χ1v) is 4.45. The van der Waals surface area contributed by atoms with Crippen molar-refractivity contribution in [2.45, 2.75) is 18.8 Å². The summed E-state index contributed by atoms with van der Waals surface area (Å²) in [5.74, 6) is 1.09. The summed E-state index contributed by atoms with van der Waals surface area (Å²) in [7, 11) is 0. The van der Waals surface area contributed by atoms with Crippen LogP contribution >= 0.6 is 0 Å². The molecule has 4 heteroatoms. The van der Waals surface area contributed by atoms with Gasteiger partial charge in [0.15, 0.2) is 5.65 Å². The molecule has 13 heavy (non-hydrogen) atoms. The summed E-state index contributed by atoms with van der Waals surface area (Å²) >= 11 is 0. The molecule has 1 aliphatic carbocycles. The van der Waals surface area contributed by atoms with E-state index in [2.05, 4.69) is 16.1 Å². The number of anilines is 1. The Labute approximate surface area is 75.4 Å². The van der Waals surface area contributed by atoms with E-state index in [1.165, 1.54) is 18.4 Å². The number of hydrogen-bond acceptors (Lipinski definition) is 3. The molecule has 0 spiro atoms. The van der Waals surface area contributed by atoms with E-state index in [1.807, 2.05) is 12.3 Å². The Bertz CT molecular complexity index is 456. The lowest BCUT2D eigenvalue weighted by Crippen LogP contribution is -1.91. The number of rotatable bonds is 1. The molecule has 0 aromatic carbocycles. The van der Waals surface area contributed by atoms with Crippen molar-refractivity contribution in [3.63, 3.8) is 0 Å². The second-order valence-corrected chi connectivity index (χ2v) is 3.51. The van der Waals surface area contributed by atoms with Crippen LogP contribution in [-0.4, -0.2) is 14.6 Å². The Kier molecular flexibility index (Phi) is 1.17. The van der Waals surface area contributed by atoms with Gasteiger partial charge < -0.3 is 5.73 Å². The van der Waals surface area contributed by atoms with Crippen molar-refractivity contribution in [3.8, 4) is 0 Å². The predicted octanol–water partition coefficient (Wildman–Crippen LogP) is 1.19. The SMILES string of the molecule is Nc1nc2ccc(C3CC3)cn2n1. The molecule has 1 fully saturated rings. The number of aromatic nitrogens is 3. The molecular formula is C9H10N4. The summed E-state index contributed by atoms with van der Waals surface area (Å²) in [5, 5.41) is 4.07. The highest BCUT2D eigenvalue weighted by molar-refractivity contribution is 5.43. The third-order valence-corrected chi connectivity index (χ3v) is 2.42. The minimum atomic E-state index is 0.341. The Balaban J connectivity index is 2.20. The van der Waals surface area contributed by atoms with Gasteiger partial charge in [0, 0.05) is 6.20 Å². The van der Waals surface area contributed by atoms with Gasteiger partial charge in [-0.2, -0.15) is 4.98 Å². The van der Waals surface area contributed by atoms with Crippen molar-refractivity contribution in [1.82, 2.24) is 14.6 Å². The summed E-state index contributed by atoms with van der Waals surface area (Å²) in [6.07, 6.45) is 4.63. The second-order valence-electron chi connectivity index (χ2n) is 3.51. The van der Waals surface area contributed by atoms with Crippen molar-refractivity contribution < 1.29 is 0 Å². The van der Waals surface area contributed by atoms with Gasteiger partial charge in [-0.25, -0.2) is 4.52 Å². The summed E-state index contributed by atoms with van der Waals surface area (Å²) in [6, 6.07) is 4.08. The zero-order valence-electron chi connectivity index (χ0n) is 7.14. The van der Waals surface area contributed by atoms with Crippen LogP contribution in [0, 0.1) is 0 Å². The predicted molar refractivity (Wildman–Crippen MR) is 49.4 cm³/mol. The smallest absolute Gasteiger partial charge is 0.240 e. The van der Waals surface area contributed by atoms with Gasteiger partial charge in [0.05, 0.1) is 0 Å². The summed E-state index contributed by atoms with van der Waals surface area (Å²) in [4.78, 5) is 4.06. The van der Waals surface area contributed by atoms with Crippen molar-refractivity contribution in [2.75, 3.05) is 5.73 Å². The van der Waals surface area contributed by atoms with Gasteiger partial charge in [-0.3, -0.25) is 0 Å². The van der Waals surface area contributed by atoms with Gasteiger partial charge in [-0.05, 0) is 30.4 Å². The molecule has 2 N–H and O–H groups in total. The molecule has 2 aromatic rings. The van der Waals surface area contributed by atoms with Crippen molar-refractivity contribution in [3.05, 3.63) is 23.9 Å². The van der Waals surface area contributed by atoms with Gasteiger partial charge in [0.2, 0.25) is 5.95 Å². The van der Waals surface area contributed by atoms with Crippen LogP contribution in [0.1, 0.15) is 24.3 Å². The molecule has 4 nitrogen and oxygen atoms in total. The fourth-order valence-electron chi connectivity index (χ4n) is 1.57. The van der Waals surface area contributed by atoms with E-state index in [-0.39, 0.29) is 0 Å². The van der Waals surface area contributed by atoms with Crippen LogP contribution in [0.4, 0.5) is 5.95 Å². The zero-order chi connectivity index (χ0) is 8.84. The van der Waals surface area contributed by atoms with E-state index in [0.29, 0.717) is 5.95 Å². The Hall–Kier alpha value is -1.58. The molecule has 0 bridgehead atoms. The lowest BCUT2D eigenvalue weighted by atomic mass is 10.2. The zero-order valence-corrected chi connectivity index (χ0v) is 7.14. The molecule has 2 heterocycles.